The van der Waals surface area contributed by atoms with Crippen LogP contribution in [-0.4, -0.2) is 63.1 Å². The Hall–Kier alpha value is -0.200. The molecule has 0 aliphatic rings. The molecule has 0 aromatic rings. The first-order valence-electron chi connectivity index (χ1n) is 4.62. The summed E-state index contributed by atoms with van der Waals surface area (Å²) < 4.78 is 14.6. The first kappa shape index (κ1) is 13.8. The molecule has 0 rings (SSSR count). The van der Waals surface area contributed by atoms with E-state index < -0.39 is 12.2 Å². The minimum absolute atomic E-state index is 0.178. The van der Waals surface area contributed by atoms with Crippen LogP contribution in [0.5, 0.6) is 0 Å². The molecule has 86 valence electrons. The second-order valence-corrected chi connectivity index (χ2v) is 3.08. The third-order valence-corrected chi connectivity index (χ3v) is 1.63. The summed E-state index contributed by atoms with van der Waals surface area (Å²) in [5.41, 5.74) is 0. The summed E-state index contributed by atoms with van der Waals surface area (Å²) in [5, 5.41) is 18.5. The van der Waals surface area contributed by atoms with Gasteiger partial charge < -0.3 is 24.4 Å². The minimum atomic E-state index is -0.630. The van der Waals surface area contributed by atoms with E-state index in [1.807, 2.05) is 0 Å². The summed E-state index contributed by atoms with van der Waals surface area (Å²) >= 11 is 0. The van der Waals surface area contributed by atoms with Crippen LogP contribution in [-0.2, 0) is 14.2 Å². The molecule has 0 aliphatic carbocycles. The lowest BCUT2D eigenvalue weighted by Gasteiger charge is -2.13. The van der Waals surface area contributed by atoms with E-state index in [9.17, 15) is 10.2 Å². The molecule has 0 saturated carbocycles. The SMILES string of the molecule is COCCC(O)COCC(O)COC. The molecule has 0 spiro atoms. The van der Waals surface area contributed by atoms with Crippen LogP contribution in [0.25, 0.3) is 0 Å². The highest BCUT2D eigenvalue weighted by Gasteiger charge is 2.07. The lowest BCUT2D eigenvalue weighted by atomic mass is 10.3. The average Bonchev–Trinajstić information content (AvgIpc) is 2.15. The Morgan fingerprint density at radius 3 is 2.14 bits per heavy atom. The Morgan fingerprint density at radius 2 is 1.57 bits per heavy atom. The van der Waals surface area contributed by atoms with Gasteiger partial charge in [-0.3, -0.25) is 0 Å². The quantitative estimate of drug-likeness (QED) is 0.530. The molecule has 14 heavy (non-hydrogen) atoms. The van der Waals surface area contributed by atoms with Crippen LogP contribution in [0.3, 0.4) is 0 Å². The Kier molecular flexibility index (Phi) is 9.23. The second-order valence-electron chi connectivity index (χ2n) is 3.08. The number of ether oxygens (including phenoxy) is 3. The van der Waals surface area contributed by atoms with Crippen molar-refractivity contribution in [2.45, 2.75) is 18.6 Å². The highest BCUT2D eigenvalue weighted by molar-refractivity contribution is 4.55. The average molecular weight is 208 g/mol. The molecule has 0 saturated heterocycles. The maximum atomic E-state index is 9.31. The maximum Gasteiger partial charge on any atom is 0.101 e. The van der Waals surface area contributed by atoms with E-state index in [0.29, 0.717) is 13.0 Å². The smallest absolute Gasteiger partial charge is 0.101 e. The van der Waals surface area contributed by atoms with Gasteiger partial charge in [-0.05, 0) is 6.42 Å². The van der Waals surface area contributed by atoms with E-state index >= 15 is 0 Å². The van der Waals surface area contributed by atoms with Gasteiger partial charge in [0, 0.05) is 20.8 Å². The zero-order valence-corrected chi connectivity index (χ0v) is 8.81. The molecule has 5 heteroatoms. The van der Waals surface area contributed by atoms with Crippen LogP contribution in [0, 0.1) is 0 Å². The Morgan fingerprint density at radius 1 is 0.929 bits per heavy atom. The van der Waals surface area contributed by atoms with E-state index in [2.05, 4.69) is 0 Å². The largest absolute Gasteiger partial charge is 0.391 e. The van der Waals surface area contributed by atoms with Gasteiger partial charge in [-0.25, -0.2) is 0 Å². The second kappa shape index (κ2) is 9.36. The number of aliphatic hydroxyl groups is 2. The van der Waals surface area contributed by atoms with Crippen molar-refractivity contribution in [3.63, 3.8) is 0 Å². The van der Waals surface area contributed by atoms with Crippen LogP contribution in [0.4, 0.5) is 0 Å². The van der Waals surface area contributed by atoms with E-state index in [-0.39, 0.29) is 19.8 Å². The maximum absolute atomic E-state index is 9.31. The molecule has 0 aliphatic heterocycles. The fraction of sp³-hybridized carbons (Fsp3) is 1.00. The molecule has 0 aromatic carbocycles. The number of hydrogen-bond acceptors (Lipinski definition) is 5. The van der Waals surface area contributed by atoms with Crippen LogP contribution in [0.2, 0.25) is 0 Å². The number of rotatable bonds is 9. The van der Waals surface area contributed by atoms with Crippen molar-refractivity contribution in [1.29, 1.82) is 0 Å². The van der Waals surface area contributed by atoms with Gasteiger partial charge in [0.05, 0.1) is 25.9 Å². The Balaban J connectivity index is 3.25. The molecule has 2 N–H and O–H groups in total. The van der Waals surface area contributed by atoms with Crippen molar-refractivity contribution in [3.05, 3.63) is 0 Å². The van der Waals surface area contributed by atoms with Crippen LogP contribution in [0.1, 0.15) is 6.42 Å². The van der Waals surface area contributed by atoms with Crippen molar-refractivity contribution in [3.8, 4) is 0 Å². The highest BCUT2D eigenvalue weighted by Crippen LogP contribution is 1.94. The number of hydrogen-bond donors (Lipinski definition) is 2. The molecule has 0 amide bonds. The zero-order chi connectivity index (χ0) is 10.8. The molecule has 0 radical (unpaired) electrons. The first-order valence-corrected chi connectivity index (χ1v) is 4.62. The van der Waals surface area contributed by atoms with Crippen molar-refractivity contribution in [2.75, 3.05) is 40.6 Å². The zero-order valence-electron chi connectivity index (χ0n) is 8.81. The normalized spacial score (nSPS) is 15.4. The van der Waals surface area contributed by atoms with E-state index in [1.165, 1.54) is 7.11 Å². The van der Waals surface area contributed by atoms with E-state index in [4.69, 9.17) is 14.2 Å². The Bertz CT molecular complexity index is 120. The summed E-state index contributed by atoms with van der Waals surface area (Å²) in [6, 6.07) is 0. The highest BCUT2D eigenvalue weighted by atomic mass is 16.5. The predicted molar refractivity (Wildman–Crippen MR) is 51.2 cm³/mol. The number of aliphatic hydroxyl groups excluding tert-OH is 2. The van der Waals surface area contributed by atoms with Crippen molar-refractivity contribution in [2.24, 2.45) is 0 Å². The molecule has 0 aromatic heterocycles. The summed E-state index contributed by atoms with van der Waals surface area (Å²) in [6.45, 7) is 1.14. The van der Waals surface area contributed by atoms with Gasteiger partial charge in [0.2, 0.25) is 0 Å². The standard InChI is InChI=1S/C9H20O5/c1-12-4-3-8(10)6-14-7-9(11)5-13-2/h8-11H,3-7H2,1-2H3. The molecular weight excluding hydrogens is 188 g/mol. The lowest BCUT2D eigenvalue weighted by molar-refractivity contribution is -0.0361. The molecule has 5 nitrogen and oxygen atoms in total. The van der Waals surface area contributed by atoms with Gasteiger partial charge in [0.25, 0.3) is 0 Å². The summed E-state index contributed by atoms with van der Waals surface area (Å²) in [6.07, 6.45) is -0.629. The van der Waals surface area contributed by atoms with Gasteiger partial charge >= 0.3 is 0 Å². The summed E-state index contributed by atoms with van der Waals surface area (Å²) in [4.78, 5) is 0. The topological polar surface area (TPSA) is 68.2 Å². The summed E-state index contributed by atoms with van der Waals surface area (Å²) in [7, 11) is 3.09. The third kappa shape index (κ3) is 8.40. The molecule has 0 bridgehead atoms. The minimum Gasteiger partial charge on any atom is -0.391 e. The van der Waals surface area contributed by atoms with E-state index in [0.717, 1.165) is 0 Å². The lowest BCUT2D eigenvalue weighted by Crippen LogP contribution is -2.25. The fourth-order valence-electron chi connectivity index (χ4n) is 0.918. The van der Waals surface area contributed by atoms with Gasteiger partial charge in [-0.1, -0.05) is 0 Å². The van der Waals surface area contributed by atoms with E-state index in [1.54, 1.807) is 7.11 Å². The fourth-order valence-corrected chi connectivity index (χ4v) is 0.918. The van der Waals surface area contributed by atoms with Crippen LogP contribution in [0.15, 0.2) is 0 Å². The van der Waals surface area contributed by atoms with Crippen LogP contribution >= 0.6 is 0 Å². The van der Waals surface area contributed by atoms with Gasteiger partial charge in [0.15, 0.2) is 0 Å². The number of methoxy groups -OCH3 is 2. The molecular formula is C9H20O5. The monoisotopic (exact) mass is 208 g/mol. The molecule has 0 heterocycles. The van der Waals surface area contributed by atoms with Gasteiger partial charge in [0.1, 0.15) is 6.10 Å². The predicted octanol–water partition coefficient (Wildman–Crippen LogP) is -0.592. The first-order chi connectivity index (χ1) is 6.70. The molecule has 0 fully saturated rings. The summed E-state index contributed by atoms with van der Waals surface area (Å²) in [5.74, 6) is 0. The molecule has 2 unspecified atom stereocenters. The third-order valence-electron chi connectivity index (χ3n) is 1.63. The van der Waals surface area contributed by atoms with Crippen molar-refractivity contribution >= 4 is 0 Å². The van der Waals surface area contributed by atoms with Gasteiger partial charge in [-0.15, -0.1) is 0 Å². The van der Waals surface area contributed by atoms with Crippen LogP contribution < -0.4 is 0 Å². The van der Waals surface area contributed by atoms with Gasteiger partial charge in [-0.2, -0.15) is 0 Å². The van der Waals surface area contributed by atoms with Crippen molar-refractivity contribution < 1.29 is 24.4 Å². The molecule has 2 atom stereocenters. The Labute approximate surface area is 84.6 Å². The van der Waals surface area contributed by atoms with Crippen molar-refractivity contribution in [1.82, 2.24) is 0 Å².